The molecule has 31 heavy (non-hydrogen) atoms. The number of hydrogen-bond donors (Lipinski definition) is 2. The summed E-state index contributed by atoms with van der Waals surface area (Å²) in [7, 11) is 1.58. The Balaban J connectivity index is 1.89. The van der Waals surface area contributed by atoms with E-state index in [1.54, 1.807) is 26.2 Å². The zero-order valence-electron chi connectivity index (χ0n) is 19.0. The number of benzene rings is 1. The van der Waals surface area contributed by atoms with E-state index in [1.807, 2.05) is 12.1 Å². The Bertz CT molecular complexity index is 717. The molecule has 172 valence electrons. The van der Waals surface area contributed by atoms with Gasteiger partial charge in [-0.2, -0.15) is 0 Å². The minimum absolute atomic E-state index is 0.0971. The third-order valence-electron chi connectivity index (χ3n) is 5.61. The molecule has 2 rings (SSSR count). The van der Waals surface area contributed by atoms with Gasteiger partial charge in [0.1, 0.15) is 17.6 Å². The molecule has 0 aliphatic carbocycles. The SMILES string of the molecule is COc1cccc(NC(=O)C(CCCCCC(C)=O)NC(=O)CCN2CCCCC2)c1. The monoisotopic (exact) mass is 431 g/mol. The van der Waals surface area contributed by atoms with Gasteiger partial charge in [0.25, 0.3) is 0 Å². The molecule has 1 unspecified atom stereocenters. The maximum atomic E-state index is 12.9. The number of carbonyl (C=O) groups is 3. The first-order valence-corrected chi connectivity index (χ1v) is 11.4. The quantitative estimate of drug-likeness (QED) is 0.467. The first-order chi connectivity index (χ1) is 15.0. The highest BCUT2D eigenvalue weighted by atomic mass is 16.5. The van der Waals surface area contributed by atoms with Crippen LogP contribution in [0, 0.1) is 0 Å². The Labute approximate surface area is 185 Å². The van der Waals surface area contributed by atoms with Gasteiger partial charge >= 0.3 is 0 Å². The predicted molar refractivity (Wildman–Crippen MR) is 122 cm³/mol. The van der Waals surface area contributed by atoms with Gasteiger partial charge in [0.15, 0.2) is 0 Å². The molecule has 1 saturated heterocycles. The van der Waals surface area contributed by atoms with Crippen molar-refractivity contribution in [2.24, 2.45) is 0 Å². The topological polar surface area (TPSA) is 87.7 Å². The Morgan fingerprint density at radius 2 is 1.84 bits per heavy atom. The molecule has 1 fully saturated rings. The molecule has 1 aromatic carbocycles. The maximum absolute atomic E-state index is 12.9. The van der Waals surface area contributed by atoms with Crippen molar-refractivity contribution in [3.8, 4) is 5.75 Å². The second-order valence-electron chi connectivity index (χ2n) is 8.29. The number of likely N-dealkylation sites (tertiary alicyclic amines) is 1. The largest absolute Gasteiger partial charge is 0.497 e. The van der Waals surface area contributed by atoms with E-state index in [2.05, 4.69) is 15.5 Å². The number of ketones is 1. The molecule has 0 radical (unpaired) electrons. The van der Waals surface area contributed by atoms with Crippen LogP contribution in [0.4, 0.5) is 5.69 Å². The van der Waals surface area contributed by atoms with Gasteiger partial charge in [-0.1, -0.05) is 25.3 Å². The molecule has 0 saturated carbocycles. The van der Waals surface area contributed by atoms with E-state index in [9.17, 15) is 14.4 Å². The summed E-state index contributed by atoms with van der Waals surface area (Å²) in [6.45, 7) is 4.41. The molecule has 1 heterocycles. The molecule has 0 spiro atoms. The number of rotatable bonds is 13. The lowest BCUT2D eigenvalue weighted by Gasteiger charge is -2.26. The van der Waals surface area contributed by atoms with Crippen molar-refractivity contribution >= 4 is 23.3 Å². The van der Waals surface area contributed by atoms with E-state index in [-0.39, 0.29) is 17.6 Å². The van der Waals surface area contributed by atoms with Crippen molar-refractivity contribution in [2.75, 3.05) is 32.1 Å². The van der Waals surface area contributed by atoms with Crippen molar-refractivity contribution in [3.63, 3.8) is 0 Å². The van der Waals surface area contributed by atoms with Crippen molar-refractivity contribution in [3.05, 3.63) is 24.3 Å². The highest BCUT2D eigenvalue weighted by Gasteiger charge is 2.21. The van der Waals surface area contributed by atoms with Gasteiger partial charge in [-0.3, -0.25) is 9.59 Å². The van der Waals surface area contributed by atoms with Gasteiger partial charge in [-0.15, -0.1) is 0 Å². The smallest absolute Gasteiger partial charge is 0.246 e. The van der Waals surface area contributed by atoms with E-state index in [4.69, 9.17) is 4.74 Å². The fourth-order valence-corrected chi connectivity index (χ4v) is 3.81. The van der Waals surface area contributed by atoms with Crippen LogP contribution in [0.15, 0.2) is 24.3 Å². The number of anilines is 1. The normalized spacial score (nSPS) is 15.2. The lowest BCUT2D eigenvalue weighted by Crippen LogP contribution is -2.45. The maximum Gasteiger partial charge on any atom is 0.246 e. The van der Waals surface area contributed by atoms with Crippen LogP contribution in [0.1, 0.15) is 64.7 Å². The van der Waals surface area contributed by atoms with E-state index in [0.29, 0.717) is 30.7 Å². The molecule has 2 amide bonds. The zero-order chi connectivity index (χ0) is 22.5. The highest BCUT2D eigenvalue weighted by Crippen LogP contribution is 2.17. The number of amides is 2. The molecule has 1 aliphatic heterocycles. The van der Waals surface area contributed by atoms with Crippen LogP contribution in [0.5, 0.6) is 5.75 Å². The predicted octanol–water partition coefficient (Wildman–Crippen LogP) is 3.53. The first kappa shape index (κ1) is 24.9. The third-order valence-corrected chi connectivity index (χ3v) is 5.61. The van der Waals surface area contributed by atoms with Crippen LogP contribution in [-0.2, 0) is 14.4 Å². The number of hydrogen-bond acceptors (Lipinski definition) is 5. The van der Waals surface area contributed by atoms with Gasteiger partial charge in [0.2, 0.25) is 11.8 Å². The first-order valence-electron chi connectivity index (χ1n) is 11.4. The van der Waals surface area contributed by atoms with Crippen molar-refractivity contribution in [1.82, 2.24) is 10.2 Å². The van der Waals surface area contributed by atoms with Crippen LogP contribution in [-0.4, -0.2) is 55.3 Å². The molecular weight excluding hydrogens is 394 g/mol. The van der Waals surface area contributed by atoms with Gasteiger partial charge in [-0.05, 0) is 57.8 Å². The Morgan fingerprint density at radius 1 is 1.06 bits per heavy atom. The Kier molecular flexibility index (Phi) is 11.1. The molecule has 2 N–H and O–H groups in total. The molecule has 1 atom stereocenters. The summed E-state index contributed by atoms with van der Waals surface area (Å²) in [5.41, 5.74) is 0.633. The van der Waals surface area contributed by atoms with Gasteiger partial charge in [0, 0.05) is 31.1 Å². The van der Waals surface area contributed by atoms with Crippen LogP contribution in [0.2, 0.25) is 0 Å². The van der Waals surface area contributed by atoms with Crippen LogP contribution in [0.3, 0.4) is 0 Å². The van der Waals surface area contributed by atoms with Gasteiger partial charge in [0.05, 0.1) is 7.11 Å². The number of Topliss-reactive ketones (excluding diaryl/α,β-unsaturated/α-hetero) is 1. The second kappa shape index (κ2) is 13.8. The zero-order valence-corrected chi connectivity index (χ0v) is 19.0. The van der Waals surface area contributed by atoms with E-state index in [1.165, 1.54) is 19.3 Å². The van der Waals surface area contributed by atoms with Crippen LogP contribution < -0.4 is 15.4 Å². The highest BCUT2D eigenvalue weighted by molar-refractivity contribution is 5.97. The fourth-order valence-electron chi connectivity index (χ4n) is 3.81. The van der Waals surface area contributed by atoms with Crippen molar-refractivity contribution < 1.29 is 19.1 Å². The lowest BCUT2D eigenvalue weighted by atomic mass is 10.0. The number of carbonyl (C=O) groups excluding carboxylic acids is 3. The summed E-state index contributed by atoms with van der Waals surface area (Å²) in [5.74, 6) is 0.508. The Morgan fingerprint density at radius 3 is 2.55 bits per heavy atom. The summed E-state index contributed by atoms with van der Waals surface area (Å²) in [4.78, 5) is 38.9. The number of ether oxygens (including phenoxy) is 1. The number of nitrogens with one attached hydrogen (secondary N) is 2. The summed E-state index contributed by atoms with van der Waals surface area (Å²) < 4.78 is 5.21. The van der Waals surface area contributed by atoms with Crippen LogP contribution in [0.25, 0.3) is 0 Å². The van der Waals surface area contributed by atoms with E-state index < -0.39 is 6.04 Å². The van der Waals surface area contributed by atoms with Crippen LogP contribution >= 0.6 is 0 Å². The molecular formula is C24H37N3O4. The van der Waals surface area contributed by atoms with Crippen molar-refractivity contribution in [1.29, 1.82) is 0 Å². The second-order valence-corrected chi connectivity index (χ2v) is 8.29. The minimum Gasteiger partial charge on any atom is -0.497 e. The van der Waals surface area contributed by atoms with Gasteiger partial charge < -0.3 is 25.1 Å². The average Bonchev–Trinajstić information content (AvgIpc) is 2.77. The molecule has 0 bridgehead atoms. The summed E-state index contributed by atoms with van der Waals surface area (Å²) in [6.07, 6.45) is 7.57. The number of methoxy groups -OCH3 is 1. The molecule has 1 aliphatic rings. The summed E-state index contributed by atoms with van der Waals surface area (Å²) in [5, 5.41) is 5.82. The number of unbranched alkanes of at least 4 members (excludes halogenated alkanes) is 2. The minimum atomic E-state index is -0.600. The number of piperidine rings is 1. The lowest BCUT2D eigenvalue weighted by molar-refractivity contribution is -0.126. The third kappa shape index (κ3) is 9.96. The Hall–Kier alpha value is -2.41. The molecule has 7 nitrogen and oxygen atoms in total. The van der Waals surface area contributed by atoms with E-state index >= 15 is 0 Å². The summed E-state index contributed by atoms with van der Waals surface area (Å²) >= 11 is 0. The molecule has 1 aromatic rings. The fraction of sp³-hybridized carbons (Fsp3) is 0.625. The molecule has 0 aromatic heterocycles. The number of nitrogens with zero attached hydrogens (tertiary/aromatic N) is 1. The van der Waals surface area contributed by atoms with Gasteiger partial charge in [-0.25, -0.2) is 0 Å². The molecule has 7 heteroatoms. The van der Waals surface area contributed by atoms with E-state index in [0.717, 1.165) is 38.9 Å². The standard InChI is InChI=1S/C24H37N3O4/c1-19(28)10-5-3-6-13-22(24(30)25-20-11-9-12-21(18-20)31-2)26-23(29)14-17-27-15-7-4-8-16-27/h9,11-12,18,22H,3-8,10,13-17H2,1-2H3,(H,25,30)(H,26,29). The summed E-state index contributed by atoms with van der Waals surface area (Å²) in [6, 6.07) is 6.56. The van der Waals surface area contributed by atoms with Crippen molar-refractivity contribution in [2.45, 2.75) is 70.8 Å². The average molecular weight is 432 g/mol.